The van der Waals surface area contributed by atoms with Crippen molar-refractivity contribution in [2.75, 3.05) is 40.0 Å². The molecule has 0 aliphatic carbocycles. The van der Waals surface area contributed by atoms with E-state index in [1.165, 1.54) is 8.66 Å². The van der Waals surface area contributed by atoms with Crippen LogP contribution in [-0.4, -0.2) is 40.0 Å². The first-order valence-corrected chi connectivity index (χ1v) is 7.45. The van der Waals surface area contributed by atoms with Gasteiger partial charge in [0.2, 0.25) is 0 Å². The van der Waals surface area contributed by atoms with Crippen LogP contribution in [0.3, 0.4) is 0 Å². The molecule has 1 rings (SSSR count). The standard InChI is InChI=1S/C12H20BrNO2S/c1-15-8-2-9-16-10-7-14-6-5-11-3-4-12(13)17-11/h3-4,14H,2,5-10H2,1H3. The number of methoxy groups -OCH3 is 1. The molecule has 0 spiro atoms. The van der Waals surface area contributed by atoms with Gasteiger partial charge < -0.3 is 14.8 Å². The third-order valence-corrected chi connectivity index (χ3v) is 3.92. The molecular weight excluding hydrogens is 302 g/mol. The van der Waals surface area contributed by atoms with Crippen LogP contribution in [-0.2, 0) is 15.9 Å². The van der Waals surface area contributed by atoms with Crippen molar-refractivity contribution in [3.8, 4) is 0 Å². The monoisotopic (exact) mass is 321 g/mol. The largest absolute Gasteiger partial charge is 0.385 e. The number of nitrogens with one attached hydrogen (secondary N) is 1. The molecule has 0 saturated heterocycles. The Balaban J connectivity index is 1.84. The van der Waals surface area contributed by atoms with Crippen molar-refractivity contribution in [2.24, 2.45) is 0 Å². The van der Waals surface area contributed by atoms with Crippen molar-refractivity contribution >= 4 is 27.3 Å². The second kappa shape index (κ2) is 10.0. The molecule has 0 aliphatic rings. The molecule has 0 unspecified atom stereocenters. The predicted octanol–water partition coefficient (Wildman–Crippen LogP) is 2.70. The van der Waals surface area contributed by atoms with E-state index in [4.69, 9.17) is 9.47 Å². The van der Waals surface area contributed by atoms with Gasteiger partial charge in [0.1, 0.15) is 0 Å². The topological polar surface area (TPSA) is 30.5 Å². The maximum atomic E-state index is 5.44. The number of halogens is 1. The lowest BCUT2D eigenvalue weighted by Crippen LogP contribution is -2.22. The van der Waals surface area contributed by atoms with Crippen molar-refractivity contribution in [3.63, 3.8) is 0 Å². The van der Waals surface area contributed by atoms with Crippen LogP contribution in [0.4, 0.5) is 0 Å². The van der Waals surface area contributed by atoms with E-state index in [1.54, 1.807) is 18.4 Å². The fraction of sp³-hybridized carbons (Fsp3) is 0.667. The lowest BCUT2D eigenvalue weighted by atomic mass is 10.3. The Morgan fingerprint density at radius 1 is 1.24 bits per heavy atom. The summed E-state index contributed by atoms with van der Waals surface area (Å²) in [5, 5.41) is 3.37. The van der Waals surface area contributed by atoms with Crippen LogP contribution in [0.2, 0.25) is 0 Å². The van der Waals surface area contributed by atoms with E-state index in [9.17, 15) is 0 Å². The van der Waals surface area contributed by atoms with Gasteiger partial charge in [-0.3, -0.25) is 0 Å². The highest BCUT2D eigenvalue weighted by Crippen LogP contribution is 2.21. The van der Waals surface area contributed by atoms with Crippen molar-refractivity contribution in [2.45, 2.75) is 12.8 Å². The summed E-state index contributed by atoms with van der Waals surface area (Å²) in [6.45, 7) is 4.26. The summed E-state index contributed by atoms with van der Waals surface area (Å²) in [5.41, 5.74) is 0. The van der Waals surface area contributed by atoms with Crippen LogP contribution in [0.15, 0.2) is 15.9 Å². The second-order valence-electron chi connectivity index (χ2n) is 3.66. The van der Waals surface area contributed by atoms with E-state index >= 15 is 0 Å². The van der Waals surface area contributed by atoms with Gasteiger partial charge >= 0.3 is 0 Å². The summed E-state index contributed by atoms with van der Waals surface area (Å²) >= 11 is 5.26. The Morgan fingerprint density at radius 2 is 2.12 bits per heavy atom. The van der Waals surface area contributed by atoms with Crippen molar-refractivity contribution in [1.29, 1.82) is 0 Å². The molecule has 0 bridgehead atoms. The molecule has 1 aromatic heterocycles. The molecule has 0 atom stereocenters. The zero-order valence-electron chi connectivity index (χ0n) is 10.2. The number of thiophene rings is 1. The smallest absolute Gasteiger partial charge is 0.0701 e. The van der Waals surface area contributed by atoms with Crippen LogP contribution in [0.25, 0.3) is 0 Å². The lowest BCUT2D eigenvalue weighted by molar-refractivity contribution is 0.104. The lowest BCUT2D eigenvalue weighted by Gasteiger charge is -2.05. The molecule has 5 heteroatoms. The zero-order chi connectivity index (χ0) is 12.3. The first-order chi connectivity index (χ1) is 8.33. The fourth-order valence-electron chi connectivity index (χ4n) is 1.37. The van der Waals surface area contributed by atoms with Crippen molar-refractivity contribution in [3.05, 3.63) is 20.8 Å². The number of hydrogen-bond acceptors (Lipinski definition) is 4. The minimum absolute atomic E-state index is 0.776. The molecule has 1 aromatic rings. The van der Waals surface area contributed by atoms with Gasteiger partial charge in [-0.25, -0.2) is 0 Å². The van der Waals surface area contributed by atoms with Crippen LogP contribution in [0.1, 0.15) is 11.3 Å². The molecule has 17 heavy (non-hydrogen) atoms. The minimum Gasteiger partial charge on any atom is -0.385 e. The van der Waals surface area contributed by atoms with Gasteiger partial charge in [0, 0.05) is 38.3 Å². The van der Waals surface area contributed by atoms with Crippen LogP contribution in [0.5, 0.6) is 0 Å². The molecule has 0 aliphatic heterocycles. The molecular formula is C12H20BrNO2S. The van der Waals surface area contributed by atoms with Crippen LogP contribution < -0.4 is 5.32 Å². The molecule has 0 aromatic carbocycles. The number of hydrogen-bond donors (Lipinski definition) is 1. The Hall–Kier alpha value is 0.0600. The summed E-state index contributed by atoms with van der Waals surface area (Å²) in [7, 11) is 1.71. The SMILES string of the molecule is COCCCOCCNCCc1ccc(Br)s1. The first kappa shape index (κ1) is 15.1. The molecule has 0 saturated carbocycles. The normalized spacial score (nSPS) is 10.9. The molecule has 0 fully saturated rings. The molecule has 1 heterocycles. The number of rotatable bonds is 10. The van der Waals surface area contributed by atoms with Gasteiger partial charge in [-0.2, -0.15) is 0 Å². The van der Waals surface area contributed by atoms with Gasteiger partial charge in [0.25, 0.3) is 0 Å². The number of ether oxygens (including phenoxy) is 2. The zero-order valence-corrected chi connectivity index (χ0v) is 12.6. The molecule has 1 N–H and O–H groups in total. The van der Waals surface area contributed by atoms with E-state index < -0.39 is 0 Å². The van der Waals surface area contributed by atoms with Crippen LogP contribution in [0, 0.1) is 0 Å². The Bertz CT molecular complexity index is 294. The summed E-state index contributed by atoms with van der Waals surface area (Å²) in [6, 6.07) is 4.26. The van der Waals surface area contributed by atoms with Gasteiger partial charge in [0.15, 0.2) is 0 Å². The average molecular weight is 322 g/mol. The van der Waals surface area contributed by atoms with Gasteiger partial charge in [0.05, 0.1) is 10.4 Å². The van der Waals surface area contributed by atoms with Gasteiger partial charge in [-0.15, -0.1) is 11.3 Å². The van der Waals surface area contributed by atoms with E-state index in [1.807, 2.05) is 0 Å². The minimum atomic E-state index is 0.776. The Labute approximate surface area is 116 Å². The third kappa shape index (κ3) is 7.89. The van der Waals surface area contributed by atoms with E-state index in [-0.39, 0.29) is 0 Å². The summed E-state index contributed by atoms with van der Waals surface area (Å²) in [5.74, 6) is 0. The average Bonchev–Trinajstić information content (AvgIpc) is 2.73. The highest BCUT2D eigenvalue weighted by atomic mass is 79.9. The molecule has 98 valence electrons. The van der Waals surface area contributed by atoms with Gasteiger partial charge in [-0.05, 0) is 40.9 Å². The fourth-order valence-corrected chi connectivity index (χ4v) is 2.86. The predicted molar refractivity (Wildman–Crippen MR) is 75.9 cm³/mol. The van der Waals surface area contributed by atoms with Crippen molar-refractivity contribution in [1.82, 2.24) is 5.32 Å². The third-order valence-electron chi connectivity index (χ3n) is 2.24. The molecule has 0 radical (unpaired) electrons. The summed E-state index contributed by atoms with van der Waals surface area (Å²) < 4.78 is 11.6. The highest BCUT2D eigenvalue weighted by molar-refractivity contribution is 9.11. The molecule has 0 amide bonds. The Kier molecular flexibility index (Phi) is 8.92. The van der Waals surface area contributed by atoms with E-state index in [0.29, 0.717) is 0 Å². The maximum absolute atomic E-state index is 5.44. The maximum Gasteiger partial charge on any atom is 0.0701 e. The quantitative estimate of drug-likeness (QED) is 0.672. The van der Waals surface area contributed by atoms with Crippen LogP contribution >= 0.6 is 27.3 Å². The first-order valence-electron chi connectivity index (χ1n) is 5.84. The van der Waals surface area contributed by atoms with E-state index in [2.05, 4.69) is 33.4 Å². The Morgan fingerprint density at radius 3 is 2.82 bits per heavy atom. The van der Waals surface area contributed by atoms with E-state index in [0.717, 1.165) is 45.8 Å². The molecule has 3 nitrogen and oxygen atoms in total. The summed E-state index contributed by atoms with van der Waals surface area (Å²) in [4.78, 5) is 1.41. The van der Waals surface area contributed by atoms with Crippen molar-refractivity contribution < 1.29 is 9.47 Å². The van der Waals surface area contributed by atoms with Gasteiger partial charge in [-0.1, -0.05) is 0 Å². The summed E-state index contributed by atoms with van der Waals surface area (Å²) in [6.07, 6.45) is 2.06. The second-order valence-corrected chi connectivity index (χ2v) is 6.21. The highest BCUT2D eigenvalue weighted by Gasteiger charge is 1.97.